The largest absolute Gasteiger partial charge is 0.0683 e. The maximum atomic E-state index is 2.16. The second kappa shape index (κ2) is 23.2. The normalized spacial score (nSPS) is 6.87. The molecule has 0 atom stereocenters. The van der Waals surface area contributed by atoms with Gasteiger partial charge in [0.2, 0.25) is 0 Å². The maximum Gasteiger partial charge on any atom is -0.0307 e. The summed E-state index contributed by atoms with van der Waals surface area (Å²) in [5.74, 6) is 0. The Kier molecular flexibility index (Phi) is 30.6. The van der Waals surface area contributed by atoms with Crippen LogP contribution in [0.2, 0.25) is 0 Å². The Morgan fingerprint density at radius 2 is 1.07 bits per heavy atom. The molecule has 15 heavy (non-hydrogen) atoms. The summed E-state index contributed by atoms with van der Waals surface area (Å²) >= 11 is 0. The van der Waals surface area contributed by atoms with E-state index in [2.05, 4.69) is 45.0 Å². The van der Waals surface area contributed by atoms with Crippen LogP contribution in [-0.2, 0) is 6.42 Å². The molecule has 0 aliphatic rings. The van der Waals surface area contributed by atoms with E-state index in [0.29, 0.717) is 0 Å². The van der Waals surface area contributed by atoms with Crippen LogP contribution in [0.15, 0.2) is 30.3 Å². The van der Waals surface area contributed by atoms with E-state index in [-0.39, 0.29) is 0 Å². The van der Waals surface area contributed by atoms with Gasteiger partial charge in [-0.05, 0) is 12.0 Å². The van der Waals surface area contributed by atoms with E-state index in [9.17, 15) is 0 Å². The highest BCUT2D eigenvalue weighted by Gasteiger charge is 1.79. The van der Waals surface area contributed by atoms with Gasteiger partial charge >= 0.3 is 0 Å². The molecule has 0 aromatic heterocycles. The Morgan fingerprint density at radius 3 is 1.27 bits per heavy atom. The third-order valence-corrected chi connectivity index (χ3v) is 1.25. The molecule has 1 aromatic rings. The van der Waals surface area contributed by atoms with Crippen LogP contribution < -0.4 is 0 Å². The lowest BCUT2D eigenvalue weighted by Gasteiger charge is -1.89. The minimum atomic E-state index is 1.14. The van der Waals surface area contributed by atoms with Crippen molar-refractivity contribution in [3.8, 4) is 0 Å². The van der Waals surface area contributed by atoms with E-state index < -0.39 is 0 Å². The summed E-state index contributed by atoms with van der Waals surface area (Å²) in [6, 6.07) is 10.5. The van der Waals surface area contributed by atoms with E-state index in [0.717, 1.165) is 6.42 Å². The van der Waals surface area contributed by atoms with Crippen LogP contribution in [0.1, 0.15) is 60.5 Å². The quantitative estimate of drug-likeness (QED) is 0.556. The highest BCUT2D eigenvalue weighted by molar-refractivity contribution is 5.13. The molecule has 1 aromatic carbocycles. The predicted octanol–water partition coefficient (Wildman–Crippen LogP) is 5.72. The van der Waals surface area contributed by atoms with Gasteiger partial charge in [0, 0.05) is 0 Å². The molecule has 0 fully saturated rings. The van der Waals surface area contributed by atoms with Gasteiger partial charge in [-0.15, -0.1) is 0 Å². The number of aryl methyl sites for hydroxylation is 1. The Balaban J connectivity index is -0.000000176. The fourth-order valence-corrected chi connectivity index (χ4v) is 0.714. The lowest BCUT2D eigenvalue weighted by Crippen LogP contribution is -1.73. The van der Waals surface area contributed by atoms with Gasteiger partial charge in [-0.1, -0.05) is 85.2 Å². The van der Waals surface area contributed by atoms with Gasteiger partial charge in [-0.2, -0.15) is 0 Å². The molecule has 0 saturated heterocycles. The van der Waals surface area contributed by atoms with Crippen molar-refractivity contribution in [2.45, 2.75) is 61.3 Å². The molecule has 0 heterocycles. The standard InChI is InChI=1S/C8H10.C3H8.2C2H6/c1-2-8-6-4-3-5-7-8;1-3-2;2*1-2/h3-7H,2H2,1H3;3H2,1-2H3;2*1-2H3. The molecule has 1 rings (SSSR count). The lowest BCUT2D eigenvalue weighted by molar-refractivity contribution is 1.09. The zero-order valence-electron chi connectivity index (χ0n) is 11.8. The fourth-order valence-electron chi connectivity index (χ4n) is 0.714. The molecule has 0 unspecified atom stereocenters. The molecular weight excluding hydrogens is 180 g/mol. The van der Waals surface area contributed by atoms with Gasteiger partial charge in [-0.3, -0.25) is 0 Å². The molecule has 90 valence electrons. The van der Waals surface area contributed by atoms with Crippen LogP contribution in [0.25, 0.3) is 0 Å². The zero-order chi connectivity index (χ0) is 12.5. The molecule has 0 heteroatoms. The van der Waals surface area contributed by atoms with Crippen LogP contribution in [0.4, 0.5) is 0 Å². The van der Waals surface area contributed by atoms with Crippen molar-refractivity contribution in [3.63, 3.8) is 0 Å². The topological polar surface area (TPSA) is 0 Å². The second-order valence-corrected chi connectivity index (χ2v) is 2.55. The molecule has 0 saturated carbocycles. The zero-order valence-corrected chi connectivity index (χ0v) is 11.8. The lowest BCUT2D eigenvalue weighted by atomic mass is 10.2. The fraction of sp³-hybridized carbons (Fsp3) is 0.600. The van der Waals surface area contributed by atoms with Gasteiger partial charge in [-0.25, -0.2) is 0 Å². The molecule has 0 radical (unpaired) electrons. The van der Waals surface area contributed by atoms with Gasteiger partial charge in [0.25, 0.3) is 0 Å². The average molecular weight is 210 g/mol. The van der Waals surface area contributed by atoms with Gasteiger partial charge in [0.05, 0.1) is 0 Å². The molecule has 0 aliphatic heterocycles. The van der Waals surface area contributed by atoms with E-state index in [1.54, 1.807) is 0 Å². The smallest absolute Gasteiger partial charge is 0.0307 e. The highest BCUT2D eigenvalue weighted by Crippen LogP contribution is 1.96. The van der Waals surface area contributed by atoms with E-state index in [4.69, 9.17) is 0 Å². The maximum absolute atomic E-state index is 2.16. The van der Waals surface area contributed by atoms with Crippen molar-refractivity contribution in [1.82, 2.24) is 0 Å². The highest BCUT2D eigenvalue weighted by atomic mass is 13.9. The summed E-state index contributed by atoms with van der Waals surface area (Å²) in [7, 11) is 0. The van der Waals surface area contributed by atoms with E-state index >= 15 is 0 Å². The monoisotopic (exact) mass is 210 g/mol. The summed E-state index contributed by atoms with van der Waals surface area (Å²) in [6.07, 6.45) is 2.39. The summed E-state index contributed by atoms with van der Waals surface area (Å²) in [5, 5.41) is 0. The first-order valence-corrected chi connectivity index (χ1v) is 6.39. The third kappa shape index (κ3) is 19.6. The van der Waals surface area contributed by atoms with Crippen LogP contribution in [0.5, 0.6) is 0 Å². The Bertz CT molecular complexity index is 153. The summed E-state index contributed by atoms with van der Waals surface area (Å²) < 4.78 is 0. The Labute approximate surface area is 97.7 Å². The number of hydrogen-bond acceptors (Lipinski definition) is 0. The van der Waals surface area contributed by atoms with Crippen molar-refractivity contribution in [2.75, 3.05) is 0 Å². The van der Waals surface area contributed by atoms with Gasteiger partial charge in [0.15, 0.2) is 0 Å². The van der Waals surface area contributed by atoms with Crippen molar-refractivity contribution in [1.29, 1.82) is 0 Å². The first-order valence-electron chi connectivity index (χ1n) is 6.39. The molecule has 0 nitrogen and oxygen atoms in total. The average Bonchev–Trinajstić information content (AvgIpc) is 2.36. The van der Waals surface area contributed by atoms with Crippen molar-refractivity contribution in [3.05, 3.63) is 35.9 Å². The van der Waals surface area contributed by atoms with Crippen molar-refractivity contribution < 1.29 is 0 Å². The van der Waals surface area contributed by atoms with E-state index in [1.807, 2.05) is 33.8 Å². The van der Waals surface area contributed by atoms with Crippen molar-refractivity contribution >= 4 is 0 Å². The van der Waals surface area contributed by atoms with Crippen LogP contribution in [-0.4, -0.2) is 0 Å². The number of rotatable bonds is 1. The number of hydrogen-bond donors (Lipinski definition) is 0. The first-order chi connectivity index (χ1) is 7.35. The van der Waals surface area contributed by atoms with Crippen LogP contribution >= 0.6 is 0 Å². The predicted molar refractivity (Wildman–Crippen MR) is 74.5 cm³/mol. The van der Waals surface area contributed by atoms with E-state index in [1.165, 1.54) is 12.0 Å². The Morgan fingerprint density at radius 1 is 0.733 bits per heavy atom. The second-order valence-electron chi connectivity index (χ2n) is 2.55. The summed E-state index contributed by atoms with van der Waals surface area (Å²) in [6.45, 7) is 14.4. The van der Waals surface area contributed by atoms with Gasteiger partial charge < -0.3 is 0 Å². The van der Waals surface area contributed by atoms with Crippen LogP contribution in [0, 0.1) is 0 Å². The van der Waals surface area contributed by atoms with Crippen LogP contribution in [0.3, 0.4) is 0 Å². The molecule has 0 bridgehead atoms. The summed E-state index contributed by atoms with van der Waals surface area (Å²) in [5.41, 5.74) is 1.41. The molecule has 0 N–H and O–H groups in total. The molecule has 0 amide bonds. The Hall–Kier alpha value is -0.780. The minimum absolute atomic E-state index is 1.14. The number of benzene rings is 1. The van der Waals surface area contributed by atoms with Gasteiger partial charge in [0.1, 0.15) is 0 Å². The summed E-state index contributed by atoms with van der Waals surface area (Å²) in [4.78, 5) is 0. The first kappa shape index (κ1) is 19.7. The SMILES string of the molecule is CC.CC.CCC.CCc1ccccc1. The third-order valence-electron chi connectivity index (χ3n) is 1.25. The molecule has 0 spiro atoms. The minimum Gasteiger partial charge on any atom is -0.0683 e. The molecule has 0 aliphatic carbocycles. The van der Waals surface area contributed by atoms with Crippen molar-refractivity contribution in [2.24, 2.45) is 0 Å². The molecular formula is C15H30.